The van der Waals surface area contributed by atoms with Crippen molar-refractivity contribution < 1.29 is 14.7 Å². The third kappa shape index (κ3) is 10.6. The Hall–Kier alpha value is -1.32. The molecule has 0 atom stereocenters. The van der Waals surface area contributed by atoms with Gasteiger partial charge in [-0.1, -0.05) is 52.4 Å². The molecule has 0 saturated heterocycles. The normalized spacial score (nSPS) is 10.9. The van der Waals surface area contributed by atoms with Gasteiger partial charge in [-0.2, -0.15) is 0 Å². The predicted molar refractivity (Wildman–Crippen MR) is 81.6 cm³/mol. The number of hydrogen-bond donors (Lipinski definition) is 1. The van der Waals surface area contributed by atoms with Crippen molar-refractivity contribution >= 4 is 11.9 Å². The largest absolute Gasteiger partial charge is 0.478 e. The van der Waals surface area contributed by atoms with E-state index in [4.69, 9.17) is 5.11 Å². The molecule has 4 nitrogen and oxygen atoms in total. The number of amides is 1. The second-order valence-corrected chi connectivity index (χ2v) is 5.12. The van der Waals surface area contributed by atoms with Gasteiger partial charge in [0.1, 0.15) is 0 Å². The zero-order valence-corrected chi connectivity index (χ0v) is 12.9. The molecule has 0 spiro atoms. The summed E-state index contributed by atoms with van der Waals surface area (Å²) >= 11 is 0. The van der Waals surface area contributed by atoms with E-state index in [9.17, 15) is 9.59 Å². The average molecular weight is 283 g/mol. The zero-order valence-electron chi connectivity index (χ0n) is 12.9. The number of carboxylic acid groups (broad SMARTS) is 1. The lowest BCUT2D eigenvalue weighted by atomic mass is 10.1. The second-order valence-electron chi connectivity index (χ2n) is 5.12. The van der Waals surface area contributed by atoms with Crippen LogP contribution in [0, 0.1) is 0 Å². The monoisotopic (exact) mass is 283 g/mol. The minimum atomic E-state index is -1.07. The number of unbranched alkanes of at least 4 members (excludes halogenated alkanes) is 6. The molecule has 116 valence electrons. The van der Waals surface area contributed by atoms with Crippen molar-refractivity contribution in [3.63, 3.8) is 0 Å². The van der Waals surface area contributed by atoms with E-state index in [1.807, 2.05) is 0 Å². The average Bonchev–Trinajstić information content (AvgIpc) is 2.43. The van der Waals surface area contributed by atoms with Crippen LogP contribution in [0.25, 0.3) is 0 Å². The van der Waals surface area contributed by atoms with Gasteiger partial charge in [-0.25, -0.2) is 4.79 Å². The molecule has 0 unspecified atom stereocenters. The maximum absolute atomic E-state index is 12.0. The Kier molecular flexibility index (Phi) is 11.9. The molecule has 0 heterocycles. The first-order valence-electron chi connectivity index (χ1n) is 7.81. The quantitative estimate of drug-likeness (QED) is 0.439. The van der Waals surface area contributed by atoms with Gasteiger partial charge in [-0.15, -0.1) is 0 Å². The van der Waals surface area contributed by atoms with E-state index in [-0.39, 0.29) is 5.91 Å². The zero-order chi connectivity index (χ0) is 15.2. The molecule has 0 aliphatic rings. The highest BCUT2D eigenvalue weighted by molar-refractivity contribution is 5.93. The molecular formula is C16H29NO3. The summed E-state index contributed by atoms with van der Waals surface area (Å²) in [5.74, 6) is -1.25. The van der Waals surface area contributed by atoms with Crippen molar-refractivity contribution in [2.75, 3.05) is 13.1 Å². The number of carbonyl (C=O) groups is 2. The van der Waals surface area contributed by atoms with Crippen molar-refractivity contribution in [1.29, 1.82) is 0 Å². The highest BCUT2D eigenvalue weighted by Gasteiger charge is 2.10. The molecule has 20 heavy (non-hydrogen) atoms. The van der Waals surface area contributed by atoms with E-state index in [1.54, 1.807) is 4.90 Å². The van der Waals surface area contributed by atoms with Crippen LogP contribution in [0.3, 0.4) is 0 Å². The summed E-state index contributed by atoms with van der Waals surface area (Å²) in [6.07, 6.45) is 11.0. The Morgan fingerprint density at radius 1 is 0.850 bits per heavy atom. The van der Waals surface area contributed by atoms with Crippen molar-refractivity contribution in [2.45, 2.75) is 65.2 Å². The number of hydrogen-bond acceptors (Lipinski definition) is 2. The molecule has 0 aromatic heterocycles. The molecule has 4 heteroatoms. The molecule has 1 amide bonds. The van der Waals surface area contributed by atoms with Gasteiger partial charge >= 0.3 is 5.97 Å². The number of carbonyl (C=O) groups excluding carboxylic acids is 1. The minimum absolute atomic E-state index is 0.180. The van der Waals surface area contributed by atoms with Crippen LogP contribution in [0.5, 0.6) is 0 Å². The van der Waals surface area contributed by atoms with E-state index >= 15 is 0 Å². The summed E-state index contributed by atoms with van der Waals surface area (Å²) in [6.45, 7) is 5.77. The first-order chi connectivity index (χ1) is 9.61. The Labute approximate surface area is 122 Å². The van der Waals surface area contributed by atoms with Crippen LogP contribution < -0.4 is 0 Å². The van der Waals surface area contributed by atoms with Gasteiger partial charge in [0.05, 0.1) is 0 Å². The molecule has 0 saturated carbocycles. The summed E-state index contributed by atoms with van der Waals surface area (Å²) in [4.78, 5) is 24.2. The maximum Gasteiger partial charge on any atom is 0.328 e. The van der Waals surface area contributed by atoms with Crippen LogP contribution in [0.1, 0.15) is 65.2 Å². The Bertz CT molecular complexity index is 288. The molecule has 0 aromatic carbocycles. The standard InChI is InChI=1S/C16H29NO3/c1-3-5-7-9-13-17(14-10-8-6-4-2)15(18)11-12-16(19)20/h11-12H,3-10,13-14H2,1-2H3,(H,19,20)/b12-11+. The van der Waals surface area contributed by atoms with Crippen molar-refractivity contribution in [3.8, 4) is 0 Å². The molecule has 0 bridgehead atoms. The van der Waals surface area contributed by atoms with Crippen LogP contribution in [-0.2, 0) is 9.59 Å². The number of aliphatic carboxylic acids is 1. The lowest BCUT2D eigenvalue weighted by molar-refractivity contribution is -0.132. The molecule has 0 aliphatic carbocycles. The van der Waals surface area contributed by atoms with E-state index in [2.05, 4.69) is 13.8 Å². The van der Waals surface area contributed by atoms with Crippen molar-refractivity contribution in [2.24, 2.45) is 0 Å². The van der Waals surface area contributed by atoms with Crippen LogP contribution in [0.4, 0.5) is 0 Å². The smallest absolute Gasteiger partial charge is 0.328 e. The van der Waals surface area contributed by atoms with Crippen LogP contribution in [0.15, 0.2) is 12.2 Å². The molecule has 1 N–H and O–H groups in total. The van der Waals surface area contributed by atoms with Crippen LogP contribution >= 0.6 is 0 Å². The minimum Gasteiger partial charge on any atom is -0.478 e. The highest BCUT2D eigenvalue weighted by Crippen LogP contribution is 2.06. The number of carboxylic acids is 1. The molecular weight excluding hydrogens is 254 g/mol. The van der Waals surface area contributed by atoms with Gasteiger partial charge in [0, 0.05) is 25.2 Å². The van der Waals surface area contributed by atoms with Gasteiger partial charge in [-0.3, -0.25) is 4.79 Å². The van der Waals surface area contributed by atoms with Crippen molar-refractivity contribution in [3.05, 3.63) is 12.2 Å². The highest BCUT2D eigenvalue weighted by atomic mass is 16.4. The Morgan fingerprint density at radius 3 is 1.75 bits per heavy atom. The van der Waals surface area contributed by atoms with Gasteiger partial charge in [0.25, 0.3) is 0 Å². The molecule has 0 rings (SSSR count). The van der Waals surface area contributed by atoms with Gasteiger partial charge in [0.15, 0.2) is 0 Å². The van der Waals surface area contributed by atoms with E-state index in [0.29, 0.717) is 0 Å². The fraction of sp³-hybridized carbons (Fsp3) is 0.750. The topological polar surface area (TPSA) is 57.6 Å². The van der Waals surface area contributed by atoms with E-state index in [0.717, 1.165) is 44.8 Å². The summed E-state index contributed by atoms with van der Waals surface area (Å²) in [6, 6.07) is 0. The Morgan fingerprint density at radius 2 is 1.35 bits per heavy atom. The second kappa shape index (κ2) is 12.7. The summed E-state index contributed by atoms with van der Waals surface area (Å²) in [7, 11) is 0. The third-order valence-corrected chi connectivity index (χ3v) is 3.24. The first-order valence-corrected chi connectivity index (χ1v) is 7.81. The maximum atomic E-state index is 12.0. The van der Waals surface area contributed by atoms with Crippen molar-refractivity contribution in [1.82, 2.24) is 4.90 Å². The first kappa shape index (κ1) is 18.7. The van der Waals surface area contributed by atoms with E-state index in [1.165, 1.54) is 31.8 Å². The lowest BCUT2D eigenvalue weighted by Gasteiger charge is -2.21. The SMILES string of the molecule is CCCCCCN(CCCCCC)C(=O)/C=C/C(=O)O. The lowest BCUT2D eigenvalue weighted by Crippen LogP contribution is -2.31. The molecule has 0 aromatic rings. The molecule has 0 radical (unpaired) electrons. The fourth-order valence-electron chi connectivity index (χ4n) is 2.04. The number of rotatable bonds is 12. The summed E-state index contributed by atoms with van der Waals surface area (Å²) < 4.78 is 0. The van der Waals surface area contributed by atoms with E-state index < -0.39 is 5.97 Å². The predicted octanol–water partition coefficient (Wildman–Crippen LogP) is 3.62. The third-order valence-electron chi connectivity index (χ3n) is 3.24. The van der Waals surface area contributed by atoms with Crippen LogP contribution in [0.2, 0.25) is 0 Å². The fourth-order valence-corrected chi connectivity index (χ4v) is 2.04. The van der Waals surface area contributed by atoms with Crippen LogP contribution in [-0.4, -0.2) is 35.0 Å². The molecule has 0 fully saturated rings. The van der Waals surface area contributed by atoms with Gasteiger partial charge in [0.2, 0.25) is 5.91 Å². The van der Waals surface area contributed by atoms with Gasteiger partial charge < -0.3 is 10.0 Å². The summed E-state index contributed by atoms with van der Waals surface area (Å²) in [5, 5.41) is 8.58. The number of nitrogens with zero attached hydrogens (tertiary/aromatic N) is 1. The molecule has 0 aliphatic heterocycles. The van der Waals surface area contributed by atoms with Gasteiger partial charge in [-0.05, 0) is 12.8 Å². The summed E-state index contributed by atoms with van der Waals surface area (Å²) in [5.41, 5.74) is 0. The Balaban J connectivity index is 4.21.